The molecule has 0 saturated carbocycles. The van der Waals surface area contributed by atoms with Gasteiger partial charge in [0.25, 0.3) is 0 Å². The molecular weight excluding hydrogens is 330 g/mol. The fourth-order valence-corrected chi connectivity index (χ4v) is 2.92. The number of ether oxygens (including phenoxy) is 1. The summed E-state index contributed by atoms with van der Waals surface area (Å²) >= 11 is 0. The molecule has 3 heterocycles. The van der Waals surface area contributed by atoms with Crippen LogP contribution in [0.15, 0.2) is 47.2 Å². The molecule has 0 atom stereocenters. The van der Waals surface area contributed by atoms with E-state index in [9.17, 15) is 4.79 Å². The summed E-state index contributed by atoms with van der Waals surface area (Å²) in [5, 5.41) is 8.65. The Morgan fingerprint density at radius 3 is 2.88 bits per heavy atom. The second-order valence-electron chi connectivity index (χ2n) is 6.21. The summed E-state index contributed by atoms with van der Waals surface area (Å²) < 4.78 is 5.46. The number of aromatic amines is 2. The Bertz CT molecular complexity index is 842. The van der Waals surface area contributed by atoms with E-state index in [1.165, 1.54) is 0 Å². The van der Waals surface area contributed by atoms with Crippen molar-refractivity contribution in [2.24, 2.45) is 4.99 Å². The van der Waals surface area contributed by atoms with Gasteiger partial charge < -0.3 is 19.8 Å². The molecule has 0 aliphatic carbocycles. The van der Waals surface area contributed by atoms with Crippen LogP contribution >= 0.6 is 0 Å². The fourth-order valence-electron chi connectivity index (χ4n) is 2.92. The Hall–Kier alpha value is -3.02. The van der Waals surface area contributed by atoms with Gasteiger partial charge in [-0.05, 0) is 49.6 Å². The van der Waals surface area contributed by atoms with E-state index in [1.807, 2.05) is 42.6 Å². The minimum Gasteiger partial charge on any atom is -0.494 e. The maximum absolute atomic E-state index is 10.5. The monoisotopic (exact) mass is 353 g/mol. The quantitative estimate of drug-likeness (QED) is 0.583. The summed E-state index contributed by atoms with van der Waals surface area (Å²) in [4.78, 5) is 21.7. The molecule has 3 rings (SSSR count). The number of nitrogens with one attached hydrogen (secondary N) is 2. The highest BCUT2D eigenvalue weighted by molar-refractivity contribution is 5.99. The number of carboxylic acids is 1. The number of H-pyrrole nitrogens is 2. The first kappa shape index (κ1) is 17.8. The van der Waals surface area contributed by atoms with E-state index in [2.05, 4.69) is 15.0 Å². The molecule has 0 fully saturated rings. The van der Waals surface area contributed by atoms with Gasteiger partial charge in [-0.2, -0.15) is 0 Å². The second-order valence-corrected chi connectivity index (χ2v) is 6.21. The number of aromatic nitrogens is 2. The van der Waals surface area contributed by atoms with Gasteiger partial charge in [0.05, 0.1) is 29.9 Å². The Morgan fingerprint density at radius 1 is 1.27 bits per heavy atom. The maximum atomic E-state index is 10.5. The van der Waals surface area contributed by atoms with Crippen LogP contribution in [-0.4, -0.2) is 33.9 Å². The fraction of sp³-hybridized carbons (Fsp3) is 0.300. The lowest BCUT2D eigenvalue weighted by Gasteiger charge is -1.99. The van der Waals surface area contributed by atoms with E-state index in [0.717, 1.165) is 59.9 Å². The smallest absolute Gasteiger partial charge is 0.303 e. The summed E-state index contributed by atoms with van der Waals surface area (Å²) in [6.07, 6.45) is 11.5. The largest absolute Gasteiger partial charge is 0.494 e. The summed E-state index contributed by atoms with van der Waals surface area (Å²) in [5.41, 5.74) is 4.75. The summed E-state index contributed by atoms with van der Waals surface area (Å²) in [7, 11) is 1.65. The van der Waals surface area contributed by atoms with Gasteiger partial charge in [-0.3, -0.25) is 9.79 Å². The van der Waals surface area contributed by atoms with Crippen molar-refractivity contribution in [2.75, 3.05) is 7.11 Å². The number of carbonyl (C=O) groups is 1. The van der Waals surface area contributed by atoms with E-state index in [4.69, 9.17) is 9.84 Å². The number of aliphatic carboxylic acids is 1. The molecule has 6 heteroatoms. The average Bonchev–Trinajstić information content (AvgIpc) is 3.35. The maximum Gasteiger partial charge on any atom is 0.303 e. The van der Waals surface area contributed by atoms with Gasteiger partial charge in [0.1, 0.15) is 5.75 Å². The van der Waals surface area contributed by atoms with Crippen molar-refractivity contribution >= 4 is 17.8 Å². The Labute approximate surface area is 152 Å². The average molecular weight is 353 g/mol. The van der Waals surface area contributed by atoms with Crippen LogP contribution < -0.4 is 4.74 Å². The van der Waals surface area contributed by atoms with Gasteiger partial charge in [0, 0.05) is 24.4 Å². The number of nitrogens with zero attached hydrogens (tertiary/aromatic N) is 1. The summed E-state index contributed by atoms with van der Waals surface area (Å²) in [6, 6.07) is 5.91. The van der Waals surface area contributed by atoms with Gasteiger partial charge in [0.15, 0.2) is 0 Å². The van der Waals surface area contributed by atoms with Gasteiger partial charge in [-0.25, -0.2) is 0 Å². The zero-order chi connectivity index (χ0) is 18.4. The second kappa shape index (κ2) is 8.38. The minimum atomic E-state index is -0.730. The Balaban J connectivity index is 1.63. The third-order valence-corrected chi connectivity index (χ3v) is 4.25. The lowest BCUT2D eigenvalue weighted by atomic mass is 10.1. The van der Waals surface area contributed by atoms with Crippen LogP contribution in [0.4, 0.5) is 0 Å². The third-order valence-electron chi connectivity index (χ3n) is 4.25. The van der Waals surface area contributed by atoms with E-state index >= 15 is 0 Å². The molecule has 1 aliphatic rings. The molecule has 0 radical (unpaired) electrons. The van der Waals surface area contributed by atoms with Gasteiger partial charge in [-0.1, -0.05) is 6.42 Å². The molecular formula is C20H23N3O3. The van der Waals surface area contributed by atoms with Crippen LogP contribution in [-0.2, 0) is 4.79 Å². The highest BCUT2D eigenvalue weighted by Crippen LogP contribution is 2.29. The van der Waals surface area contributed by atoms with Crippen molar-refractivity contribution in [1.29, 1.82) is 0 Å². The molecule has 1 aliphatic heterocycles. The van der Waals surface area contributed by atoms with Crippen LogP contribution in [0.25, 0.3) is 17.5 Å². The number of carboxylic acid groups (broad SMARTS) is 1. The van der Waals surface area contributed by atoms with Crippen LogP contribution in [0.1, 0.15) is 37.8 Å². The molecule has 0 unspecified atom stereocenters. The standard InChI is InChI=1S/C20H23N3O3/c1-26-19-13-17(16-7-5-11-21-16)23-18(19)12-15-10-9-14(22-15)6-3-2-4-8-20(24)25/h5,7,9-13,21,23H,2-4,6,8H2,1H3,(H,24,25). The zero-order valence-corrected chi connectivity index (χ0v) is 14.8. The molecule has 2 aromatic rings. The van der Waals surface area contributed by atoms with Crippen molar-refractivity contribution in [3.05, 3.63) is 47.9 Å². The molecule has 3 N–H and O–H groups in total. The molecule has 136 valence electrons. The van der Waals surface area contributed by atoms with Crippen LogP contribution in [0.5, 0.6) is 5.75 Å². The lowest BCUT2D eigenvalue weighted by Crippen LogP contribution is -1.95. The first-order valence-corrected chi connectivity index (χ1v) is 8.75. The molecule has 0 amide bonds. The Morgan fingerprint density at radius 2 is 2.15 bits per heavy atom. The third kappa shape index (κ3) is 4.53. The van der Waals surface area contributed by atoms with Crippen LogP contribution in [0.3, 0.4) is 0 Å². The normalized spacial score (nSPS) is 14.8. The van der Waals surface area contributed by atoms with Crippen molar-refractivity contribution in [1.82, 2.24) is 9.97 Å². The number of aliphatic imine (C=N–C) groups is 1. The zero-order valence-electron chi connectivity index (χ0n) is 14.8. The van der Waals surface area contributed by atoms with Gasteiger partial charge >= 0.3 is 5.97 Å². The van der Waals surface area contributed by atoms with E-state index in [-0.39, 0.29) is 6.42 Å². The van der Waals surface area contributed by atoms with Crippen LogP contribution in [0, 0.1) is 0 Å². The van der Waals surface area contributed by atoms with Gasteiger partial charge in [0.2, 0.25) is 0 Å². The van der Waals surface area contributed by atoms with E-state index < -0.39 is 5.97 Å². The molecule has 0 spiro atoms. The van der Waals surface area contributed by atoms with Crippen molar-refractivity contribution in [3.63, 3.8) is 0 Å². The first-order valence-electron chi connectivity index (χ1n) is 8.75. The molecule has 0 saturated heterocycles. The first-order chi connectivity index (χ1) is 12.7. The predicted molar refractivity (Wildman–Crippen MR) is 102 cm³/mol. The molecule has 2 aromatic heterocycles. The lowest BCUT2D eigenvalue weighted by molar-refractivity contribution is -0.137. The molecule has 0 bridgehead atoms. The SMILES string of the molecule is COc1cc(-c2ccc[nH]2)[nH]c1C=C1C=CC(CCCCCC(=O)O)=N1. The predicted octanol–water partition coefficient (Wildman–Crippen LogP) is 4.41. The highest BCUT2D eigenvalue weighted by Gasteiger charge is 2.11. The van der Waals surface area contributed by atoms with Crippen molar-refractivity contribution in [2.45, 2.75) is 32.1 Å². The number of unbranched alkanes of at least 4 members (excludes halogenated alkanes) is 2. The minimum absolute atomic E-state index is 0.239. The molecule has 6 nitrogen and oxygen atoms in total. The Kier molecular flexibility index (Phi) is 5.73. The van der Waals surface area contributed by atoms with Gasteiger partial charge in [-0.15, -0.1) is 0 Å². The highest BCUT2D eigenvalue weighted by atomic mass is 16.5. The number of rotatable bonds is 9. The summed E-state index contributed by atoms with van der Waals surface area (Å²) in [5.74, 6) is 0.0414. The summed E-state index contributed by atoms with van der Waals surface area (Å²) in [6.45, 7) is 0. The van der Waals surface area contributed by atoms with E-state index in [1.54, 1.807) is 7.11 Å². The number of hydrogen-bond donors (Lipinski definition) is 3. The topological polar surface area (TPSA) is 90.5 Å². The van der Waals surface area contributed by atoms with Crippen molar-refractivity contribution in [3.8, 4) is 17.1 Å². The van der Waals surface area contributed by atoms with E-state index in [0.29, 0.717) is 0 Å². The number of hydrogen-bond acceptors (Lipinski definition) is 3. The van der Waals surface area contributed by atoms with Crippen LogP contribution in [0.2, 0.25) is 0 Å². The van der Waals surface area contributed by atoms with Crippen molar-refractivity contribution < 1.29 is 14.6 Å². The molecule has 26 heavy (non-hydrogen) atoms. The number of methoxy groups -OCH3 is 1. The number of allylic oxidation sites excluding steroid dienone is 2. The molecule has 0 aromatic carbocycles.